The Kier molecular flexibility index (Phi) is 8.50. The van der Waals surface area contributed by atoms with Crippen LogP contribution in [0.15, 0.2) is 24.3 Å². The zero-order valence-corrected chi connectivity index (χ0v) is 14.7. The largest absolute Gasteiger partial charge is 0.475 e. The quantitative estimate of drug-likeness (QED) is 0.575. The molecule has 1 aromatic carbocycles. The highest BCUT2D eigenvalue weighted by Gasteiger charge is 2.25. The maximum absolute atomic E-state index is 12.0. The topological polar surface area (TPSA) is 89.9 Å². The fraction of sp³-hybridized carbons (Fsp3) is 0.529. The van der Waals surface area contributed by atoms with E-state index in [1.807, 2.05) is 31.2 Å². The van der Waals surface area contributed by atoms with Crippen LogP contribution in [-0.4, -0.2) is 53.9 Å². The fourth-order valence-corrected chi connectivity index (χ4v) is 2.36. The van der Waals surface area contributed by atoms with E-state index in [1.54, 1.807) is 14.1 Å². The molecule has 0 aliphatic carbocycles. The molecule has 0 aliphatic heterocycles. The fourth-order valence-electron chi connectivity index (χ4n) is 2.36. The molecule has 0 fully saturated rings. The minimum atomic E-state index is -1.64. The molecule has 0 bridgehead atoms. The molecule has 0 radical (unpaired) electrons. The van der Waals surface area contributed by atoms with Gasteiger partial charge in [0.1, 0.15) is 0 Å². The highest BCUT2D eigenvalue weighted by molar-refractivity contribution is 6.43. The summed E-state index contributed by atoms with van der Waals surface area (Å²) in [5, 5.41) is 21.7. The molecule has 0 saturated heterocycles. The highest BCUT2D eigenvalue weighted by atomic mass is 16.4. The summed E-state index contributed by atoms with van der Waals surface area (Å²) < 4.78 is 0. The van der Waals surface area contributed by atoms with Crippen molar-refractivity contribution in [2.75, 3.05) is 14.1 Å². The maximum Gasteiger partial charge on any atom is 0.475 e. The Balaban J connectivity index is 2.53. The van der Waals surface area contributed by atoms with E-state index in [0.29, 0.717) is 19.3 Å². The summed E-state index contributed by atoms with van der Waals surface area (Å²) in [6.45, 7) is 2.05. The Bertz CT molecular complexity index is 549. The Morgan fingerprint density at radius 1 is 1.21 bits per heavy atom. The predicted octanol–water partition coefficient (Wildman–Crippen LogP) is 0.547. The number of aryl methyl sites for hydroxylation is 1. The number of benzene rings is 1. The van der Waals surface area contributed by atoms with Crippen molar-refractivity contribution in [2.24, 2.45) is 0 Å². The van der Waals surface area contributed by atoms with E-state index in [0.717, 1.165) is 17.5 Å². The summed E-state index contributed by atoms with van der Waals surface area (Å²) in [4.78, 5) is 24.9. The summed E-state index contributed by atoms with van der Waals surface area (Å²) >= 11 is 0. The van der Waals surface area contributed by atoms with Crippen LogP contribution in [0.2, 0.25) is 0 Å². The van der Waals surface area contributed by atoms with Gasteiger partial charge in [-0.3, -0.25) is 9.59 Å². The van der Waals surface area contributed by atoms with Gasteiger partial charge >= 0.3 is 7.12 Å². The number of nitrogens with zero attached hydrogens (tertiary/aromatic N) is 1. The molecule has 2 amide bonds. The lowest BCUT2D eigenvalue weighted by molar-refractivity contribution is -0.129. The molecule has 1 aromatic rings. The van der Waals surface area contributed by atoms with Crippen molar-refractivity contribution in [3.8, 4) is 0 Å². The third kappa shape index (κ3) is 7.15. The first-order valence-corrected chi connectivity index (χ1v) is 8.27. The summed E-state index contributed by atoms with van der Waals surface area (Å²) in [5.41, 5.74) is 2.10. The lowest BCUT2D eigenvalue weighted by Crippen LogP contribution is -2.47. The minimum Gasteiger partial charge on any atom is -0.426 e. The number of amides is 2. The van der Waals surface area contributed by atoms with Gasteiger partial charge in [-0.1, -0.05) is 31.2 Å². The molecule has 1 unspecified atom stereocenters. The minimum absolute atomic E-state index is 0.0297. The molecule has 132 valence electrons. The lowest BCUT2D eigenvalue weighted by atomic mass is 9.75. The molecular weight excluding hydrogens is 307 g/mol. The molecular formula is C17H27BN2O4. The molecule has 0 spiro atoms. The van der Waals surface area contributed by atoms with Gasteiger partial charge in [0, 0.05) is 26.9 Å². The van der Waals surface area contributed by atoms with Gasteiger partial charge in [-0.05, 0) is 30.4 Å². The van der Waals surface area contributed by atoms with Gasteiger partial charge in [0.25, 0.3) is 0 Å². The molecule has 24 heavy (non-hydrogen) atoms. The Morgan fingerprint density at radius 3 is 2.46 bits per heavy atom. The molecule has 7 heteroatoms. The number of hydrogen-bond donors (Lipinski definition) is 3. The van der Waals surface area contributed by atoms with Crippen LogP contribution in [-0.2, 0) is 22.4 Å². The van der Waals surface area contributed by atoms with Crippen molar-refractivity contribution in [1.82, 2.24) is 10.2 Å². The monoisotopic (exact) mass is 334 g/mol. The van der Waals surface area contributed by atoms with Gasteiger partial charge in [0.05, 0.1) is 5.94 Å². The molecule has 1 atom stereocenters. The van der Waals surface area contributed by atoms with E-state index in [9.17, 15) is 19.6 Å². The van der Waals surface area contributed by atoms with E-state index >= 15 is 0 Å². The number of carbonyl (C=O) groups excluding carboxylic acids is 2. The van der Waals surface area contributed by atoms with Gasteiger partial charge in [-0.25, -0.2) is 0 Å². The molecule has 0 aromatic heterocycles. The van der Waals surface area contributed by atoms with Crippen LogP contribution in [0.1, 0.15) is 37.3 Å². The van der Waals surface area contributed by atoms with Crippen LogP contribution in [0, 0.1) is 0 Å². The molecule has 3 N–H and O–H groups in total. The second-order valence-electron chi connectivity index (χ2n) is 6.11. The van der Waals surface area contributed by atoms with Crippen LogP contribution >= 0.6 is 0 Å². The van der Waals surface area contributed by atoms with Crippen LogP contribution in [0.3, 0.4) is 0 Å². The van der Waals surface area contributed by atoms with Crippen molar-refractivity contribution in [2.45, 2.75) is 45.0 Å². The average Bonchev–Trinajstić information content (AvgIpc) is 2.54. The second-order valence-corrected chi connectivity index (χ2v) is 6.11. The first-order valence-electron chi connectivity index (χ1n) is 8.27. The van der Waals surface area contributed by atoms with Crippen molar-refractivity contribution in [1.29, 1.82) is 0 Å². The average molecular weight is 334 g/mol. The summed E-state index contributed by atoms with van der Waals surface area (Å²) in [6, 6.07) is 7.83. The Morgan fingerprint density at radius 2 is 1.88 bits per heavy atom. The zero-order valence-electron chi connectivity index (χ0n) is 14.7. The van der Waals surface area contributed by atoms with Crippen molar-refractivity contribution >= 4 is 18.9 Å². The number of carbonyl (C=O) groups is 2. The van der Waals surface area contributed by atoms with E-state index in [1.165, 1.54) is 4.90 Å². The van der Waals surface area contributed by atoms with Crippen molar-refractivity contribution in [3.63, 3.8) is 0 Å². The molecule has 6 nitrogen and oxygen atoms in total. The van der Waals surface area contributed by atoms with E-state index < -0.39 is 13.1 Å². The first-order chi connectivity index (χ1) is 11.3. The zero-order chi connectivity index (χ0) is 18.1. The van der Waals surface area contributed by atoms with Gasteiger partial charge in [-0.2, -0.15) is 0 Å². The maximum atomic E-state index is 12.0. The summed E-state index contributed by atoms with van der Waals surface area (Å²) in [7, 11) is 1.71. The Labute approximate surface area is 144 Å². The van der Waals surface area contributed by atoms with Gasteiger partial charge in [0.15, 0.2) is 0 Å². The third-order valence-electron chi connectivity index (χ3n) is 3.85. The number of hydrogen-bond acceptors (Lipinski definition) is 4. The van der Waals surface area contributed by atoms with Crippen LogP contribution < -0.4 is 5.32 Å². The first kappa shape index (κ1) is 20.2. The molecule has 0 heterocycles. The standard InChI is InChI=1S/C17H27BN2O4/c1-4-13-7-5-8-14(11-13)12-15(18(23)24)19-16(21)9-6-10-17(22)20(2)3/h5,7-8,11,15,23-24H,4,6,9-10,12H2,1-3H3,(H,19,21). The van der Waals surface area contributed by atoms with Crippen molar-refractivity contribution in [3.05, 3.63) is 35.4 Å². The predicted molar refractivity (Wildman–Crippen MR) is 94.2 cm³/mol. The van der Waals surface area contributed by atoms with E-state index in [2.05, 4.69) is 5.32 Å². The summed E-state index contributed by atoms with van der Waals surface area (Å²) in [6.07, 6.45) is 2.14. The number of rotatable bonds is 9. The SMILES string of the molecule is CCc1cccc(CC(NC(=O)CCCC(=O)N(C)C)B(O)O)c1. The van der Waals surface area contributed by atoms with E-state index in [-0.39, 0.29) is 18.2 Å². The van der Waals surface area contributed by atoms with Crippen LogP contribution in [0.25, 0.3) is 0 Å². The van der Waals surface area contributed by atoms with Crippen LogP contribution in [0.4, 0.5) is 0 Å². The van der Waals surface area contributed by atoms with Gasteiger partial charge in [0.2, 0.25) is 11.8 Å². The molecule has 0 aliphatic rings. The lowest BCUT2D eigenvalue weighted by Gasteiger charge is -2.18. The molecule has 1 rings (SSSR count). The van der Waals surface area contributed by atoms with E-state index in [4.69, 9.17) is 0 Å². The molecule has 0 saturated carbocycles. The third-order valence-corrected chi connectivity index (χ3v) is 3.85. The van der Waals surface area contributed by atoms with Gasteiger partial charge < -0.3 is 20.3 Å². The van der Waals surface area contributed by atoms with Gasteiger partial charge in [-0.15, -0.1) is 0 Å². The smallest absolute Gasteiger partial charge is 0.426 e. The van der Waals surface area contributed by atoms with Crippen molar-refractivity contribution < 1.29 is 19.6 Å². The van der Waals surface area contributed by atoms with Crippen LogP contribution in [0.5, 0.6) is 0 Å². The Hall–Kier alpha value is -1.86. The number of nitrogens with one attached hydrogen (secondary N) is 1. The normalized spacial score (nSPS) is 11.7. The highest BCUT2D eigenvalue weighted by Crippen LogP contribution is 2.09. The summed E-state index contributed by atoms with van der Waals surface area (Å²) in [5.74, 6) is -1.08. The second kappa shape index (κ2) is 10.1.